The number of thioether (sulfide) groups is 1. The molecule has 0 unspecified atom stereocenters. The minimum atomic E-state index is -1.36. The molecule has 0 aromatic carbocycles. The summed E-state index contributed by atoms with van der Waals surface area (Å²) < 4.78 is 15.5. The molecule has 0 fully saturated rings. The van der Waals surface area contributed by atoms with Crippen LogP contribution in [0, 0.1) is 10.8 Å². The number of rotatable bonds is 12. The van der Waals surface area contributed by atoms with E-state index in [0.717, 1.165) is 0 Å². The topological polar surface area (TPSA) is 112 Å². The highest BCUT2D eigenvalue weighted by Gasteiger charge is 2.48. The van der Waals surface area contributed by atoms with Gasteiger partial charge in [0.15, 0.2) is 10.6 Å². The summed E-state index contributed by atoms with van der Waals surface area (Å²) in [6, 6.07) is 0. The molecule has 0 spiro atoms. The zero-order valence-corrected chi connectivity index (χ0v) is 15.0. The second kappa shape index (κ2) is 12.2. The third-order valence-corrected chi connectivity index (χ3v) is 4.02. The average molecular weight is 348 g/mol. The van der Waals surface area contributed by atoms with Gasteiger partial charge in [0, 0.05) is 19.0 Å². The normalized spacial score (nSPS) is 11.1. The molecule has 0 aromatic rings. The minimum Gasteiger partial charge on any atom is -0.465 e. The van der Waals surface area contributed by atoms with Gasteiger partial charge in [-0.05, 0) is 40.0 Å². The van der Waals surface area contributed by atoms with E-state index in [9.17, 15) is 9.59 Å². The van der Waals surface area contributed by atoms with Crippen molar-refractivity contribution in [2.75, 3.05) is 32.2 Å². The zero-order valence-electron chi connectivity index (χ0n) is 14.2. The molecule has 0 aromatic heterocycles. The van der Waals surface area contributed by atoms with E-state index in [4.69, 9.17) is 25.4 Å². The van der Waals surface area contributed by atoms with E-state index in [1.54, 1.807) is 13.8 Å². The number of carbonyl (C=O) groups excluding carboxylic acids is 2. The average Bonchev–Trinajstić information content (AvgIpc) is 2.50. The monoisotopic (exact) mass is 348 g/mol. The number of nitrogens with two attached hydrogens (primary N) is 1. The van der Waals surface area contributed by atoms with Crippen molar-refractivity contribution in [1.82, 2.24) is 0 Å². The van der Waals surface area contributed by atoms with Crippen molar-refractivity contribution in [3.05, 3.63) is 0 Å². The van der Waals surface area contributed by atoms with Gasteiger partial charge in [0.2, 0.25) is 0 Å². The van der Waals surface area contributed by atoms with Crippen LogP contribution in [0.5, 0.6) is 0 Å². The highest BCUT2D eigenvalue weighted by atomic mass is 32.2. The summed E-state index contributed by atoms with van der Waals surface area (Å²) in [7, 11) is 0. The quantitative estimate of drug-likeness (QED) is 0.182. The fourth-order valence-electron chi connectivity index (χ4n) is 2.10. The van der Waals surface area contributed by atoms with E-state index in [1.807, 2.05) is 6.92 Å². The lowest BCUT2D eigenvalue weighted by Gasteiger charge is -2.29. The van der Waals surface area contributed by atoms with Crippen molar-refractivity contribution in [1.29, 1.82) is 5.41 Å². The standard InChI is InChI=1S/C15H28N2O5S/c1-4-20-10-9-15(12(18)21-5-2,13(19)22-6-3)8-7-11-23-14(16)17/h4-11H2,1-3H3,(H3,16,17). The van der Waals surface area contributed by atoms with Crippen LogP contribution in [0.15, 0.2) is 0 Å². The first kappa shape index (κ1) is 21.7. The highest BCUT2D eigenvalue weighted by molar-refractivity contribution is 8.13. The summed E-state index contributed by atoms with van der Waals surface area (Å²) in [4.78, 5) is 24.9. The van der Waals surface area contributed by atoms with Crippen LogP contribution in [0.1, 0.15) is 40.0 Å². The summed E-state index contributed by atoms with van der Waals surface area (Å²) in [5.41, 5.74) is 3.94. The molecular formula is C15H28N2O5S. The number of ether oxygens (including phenoxy) is 3. The predicted octanol–water partition coefficient (Wildman–Crippen LogP) is 1.93. The van der Waals surface area contributed by atoms with Gasteiger partial charge >= 0.3 is 11.9 Å². The van der Waals surface area contributed by atoms with Crippen molar-refractivity contribution < 1.29 is 23.8 Å². The third-order valence-electron chi connectivity index (χ3n) is 3.22. The molecule has 0 bridgehead atoms. The molecule has 0 atom stereocenters. The first-order valence-electron chi connectivity index (χ1n) is 7.83. The van der Waals surface area contributed by atoms with Crippen molar-refractivity contribution in [3.63, 3.8) is 0 Å². The van der Waals surface area contributed by atoms with E-state index in [2.05, 4.69) is 0 Å². The maximum Gasteiger partial charge on any atom is 0.323 e. The van der Waals surface area contributed by atoms with E-state index in [-0.39, 0.29) is 37.8 Å². The number of amidine groups is 1. The van der Waals surface area contributed by atoms with Crippen LogP contribution < -0.4 is 5.73 Å². The second-order valence-electron chi connectivity index (χ2n) is 4.79. The van der Waals surface area contributed by atoms with Gasteiger partial charge in [-0.3, -0.25) is 15.0 Å². The number of nitrogens with one attached hydrogen (secondary N) is 1. The van der Waals surface area contributed by atoms with Crippen LogP contribution >= 0.6 is 11.8 Å². The fourth-order valence-corrected chi connectivity index (χ4v) is 2.61. The maximum atomic E-state index is 12.5. The first-order valence-corrected chi connectivity index (χ1v) is 8.82. The largest absolute Gasteiger partial charge is 0.465 e. The highest BCUT2D eigenvalue weighted by Crippen LogP contribution is 2.33. The Kier molecular flexibility index (Phi) is 11.5. The molecule has 0 aliphatic heterocycles. The van der Waals surface area contributed by atoms with Crippen LogP contribution in [-0.2, 0) is 23.8 Å². The maximum absolute atomic E-state index is 12.5. The van der Waals surface area contributed by atoms with Crippen LogP contribution in [0.25, 0.3) is 0 Å². The lowest BCUT2D eigenvalue weighted by molar-refractivity contribution is -0.174. The SMILES string of the molecule is CCOCCC(CCCSC(=N)N)(C(=O)OCC)C(=O)OCC. The molecule has 134 valence electrons. The Morgan fingerprint density at radius 1 is 1.04 bits per heavy atom. The molecule has 0 radical (unpaired) electrons. The molecule has 0 aliphatic rings. The molecule has 23 heavy (non-hydrogen) atoms. The van der Waals surface area contributed by atoms with E-state index in [1.165, 1.54) is 11.8 Å². The van der Waals surface area contributed by atoms with Gasteiger partial charge in [-0.25, -0.2) is 0 Å². The van der Waals surface area contributed by atoms with E-state index in [0.29, 0.717) is 18.8 Å². The number of esters is 2. The molecule has 0 amide bonds. The van der Waals surface area contributed by atoms with Gasteiger partial charge < -0.3 is 19.9 Å². The van der Waals surface area contributed by atoms with Gasteiger partial charge in [0.25, 0.3) is 0 Å². The Bertz CT molecular complexity index is 372. The van der Waals surface area contributed by atoms with Gasteiger partial charge in [0.1, 0.15) is 0 Å². The Morgan fingerprint density at radius 3 is 2.04 bits per heavy atom. The van der Waals surface area contributed by atoms with E-state index >= 15 is 0 Å². The van der Waals surface area contributed by atoms with Crippen LogP contribution in [0.2, 0.25) is 0 Å². The first-order chi connectivity index (χ1) is 10.9. The summed E-state index contributed by atoms with van der Waals surface area (Å²) in [5, 5.41) is 7.21. The zero-order chi connectivity index (χ0) is 17.7. The summed E-state index contributed by atoms with van der Waals surface area (Å²) in [6.45, 7) is 6.40. The molecular weight excluding hydrogens is 320 g/mol. The van der Waals surface area contributed by atoms with Crippen LogP contribution in [0.3, 0.4) is 0 Å². The summed E-state index contributed by atoms with van der Waals surface area (Å²) in [5.74, 6) is -0.609. The van der Waals surface area contributed by atoms with Crippen molar-refractivity contribution in [3.8, 4) is 0 Å². The molecule has 7 nitrogen and oxygen atoms in total. The Hall–Kier alpha value is -1.28. The van der Waals surface area contributed by atoms with Gasteiger partial charge in [0.05, 0.1) is 13.2 Å². The Morgan fingerprint density at radius 2 is 1.61 bits per heavy atom. The lowest BCUT2D eigenvalue weighted by Crippen LogP contribution is -2.43. The predicted molar refractivity (Wildman–Crippen MR) is 90.4 cm³/mol. The number of carbonyl (C=O) groups is 2. The molecule has 0 saturated carbocycles. The van der Waals surface area contributed by atoms with Crippen molar-refractivity contribution >= 4 is 28.9 Å². The van der Waals surface area contributed by atoms with Crippen LogP contribution in [0.4, 0.5) is 0 Å². The summed E-state index contributed by atoms with van der Waals surface area (Å²) in [6.07, 6.45) is 1.02. The van der Waals surface area contributed by atoms with Gasteiger partial charge in [-0.15, -0.1) is 0 Å². The van der Waals surface area contributed by atoms with Gasteiger partial charge in [-0.2, -0.15) is 0 Å². The van der Waals surface area contributed by atoms with E-state index < -0.39 is 17.4 Å². The lowest BCUT2D eigenvalue weighted by atomic mass is 9.80. The second-order valence-corrected chi connectivity index (χ2v) is 5.92. The van der Waals surface area contributed by atoms with Crippen molar-refractivity contribution in [2.45, 2.75) is 40.0 Å². The smallest absolute Gasteiger partial charge is 0.323 e. The molecule has 3 N–H and O–H groups in total. The Balaban J connectivity index is 5.14. The third kappa shape index (κ3) is 7.69. The van der Waals surface area contributed by atoms with Gasteiger partial charge in [-0.1, -0.05) is 11.8 Å². The number of hydrogen-bond acceptors (Lipinski definition) is 7. The van der Waals surface area contributed by atoms with Crippen LogP contribution in [-0.4, -0.2) is 49.3 Å². The Labute approximate surface area is 142 Å². The molecule has 0 saturated heterocycles. The van der Waals surface area contributed by atoms with Crippen molar-refractivity contribution in [2.24, 2.45) is 11.1 Å². The molecule has 0 aliphatic carbocycles. The summed E-state index contributed by atoms with van der Waals surface area (Å²) >= 11 is 1.18. The minimum absolute atomic E-state index is 0.0113. The molecule has 8 heteroatoms. The number of hydrogen-bond donors (Lipinski definition) is 2. The molecule has 0 heterocycles. The molecule has 0 rings (SSSR count). The fraction of sp³-hybridized carbons (Fsp3) is 0.800.